The van der Waals surface area contributed by atoms with Crippen LogP contribution < -0.4 is 19.1 Å². The molecule has 0 aliphatic rings. The third kappa shape index (κ3) is 8.00. The average molecular weight is 582 g/mol. The molecule has 10 heteroatoms. The molecule has 0 bridgehead atoms. The Hall–Kier alpha value is -4.05. The van der Waals surface area contributed by atoms with E-state index in [4.69, 9.17) is 9.47 Å². The number of methoxy groups -OCH3 is 2. The minimum absolute atomic E-state index is 0.0103. The van der Waals surface area contributed by atoms with Crippen molar-refractivity contribution in [1.82, 2.24) is 10.2 Å². The summed E-state index contributed by atoms with van der Waals surface area (Å²) < 4.78 is 39.9. The maximum atomic E-state index is 14.0. The van der Waals surface area contributed by atoms with E-state index in [1.54, 1.807) is 37.3 Å². The molecule has 0 spiro atoms. The standard InChI is InChI=1S/C31H39N3O6S/c1-6-23(2)32-31(36)24(3)33(20-19-25-13-9-7-10-14-25)30(35)22-34(41(37,38)27-15-11-8-12-16-27)28-21-26(39-4)17-18-29(28)40-5/h7-18,21,23-24H,6,19-20,22H2,1-5H3,(H,32,36)/t23-,24+/m1/s1. The van der Waals surface area contributed by atoms with Crippen LogP contribution in [0.5, 0.6) is 11.5 Å². The summed E-state index contributed by atoms with van der Waals surface area (Å²) in [6, 6.07) is 21.3. The lowest BCUT2D eigenvalue weighted by atomic mass is 10.1. The fourth-order valence-electron chi connectivity index (χ4n) is 4.26. The number of anilines is 1. The maximum absolute atomic E-state index is 14.0. The van der Waals surface area contributed by atoms with Crippen molar-refractivity contribution in [2.24, 2.45) is 0 Å². The van der Waals surface area contributed by atoms with Crippen molar-refractivity contribution >= 4 is 27.5 Å². The number of nitrogens with one attached hydrogen (secondary N) is 1. The highest BCUT2D eigenvalue weighted by Gasteiger charge is 2.34. The predicted molar refractivity (Wildman–Crippen MR) is 160 cm³/mol. The zero-order valence-corrected chi connectivity index (χ0v) is 25.1. The molecule has 0 aromatic heterocycles. The predicted octanol–water partition coefficient (Wildman–Crippen LogP) is 4.27. The van der Waals surface area contributed by atoms with Gasteiger partial charge >= 0.3 is 0 Å². The molecule has 2 atom stereocenters. The van der Waals surface area contributed by atoms with Gasteiger partial charge in [0.1, 0.15) is 24.1 Å². The highest BCUT2D eigenvalue weighted by Crippen LogP contribution is 2.35. The van der Waals surface area contributed by atoms with Crippen molar-refractivity contribution in [3.05, 3.63) is 84.4 Å². The summed E-state index contributed by atoms with van der Waals surface area (Å²) in [4.78, 5) is 28.6. The molecular weight excluding hydrogens is 542 g/mol. The Labute approximate surface area is 243 Å². The number of hydrogen-bond acceptors (Lipinski definition) is 6. The van der Waals surface area contributed by atoms with Crippen LogP contribution in [0.3, 0.4) is 0 Å². The molecule has 0 saturated heterocycles. The van der Waals surface area contributed by atoms with E-state index in [9.17, 15) is 18.0 Å². The fourth-order valence-corrected chi connectivity index (χ4v) is 5.70. The summed E-state index contributed by atoms with van der Waals surface area (Å²) in [5.41, 5.74) is 1.13. The first-order valence-electron chi connectivity index (χ1n) is 13.6. The Kier molecular flexibility index (Phi) is 11.2. The number of ether oxygens (including phenoxy) is 2. The van der Waals surface area contributed by atoms with Crippen LogP contribution in [0.1, 0.15) is 32.8 Å². The minimum Gasteiger partial charge on any atom is -0.497 e. The summed E-state index contributed by atoms with van der Waals surface area (Å²) in [6.45, 7) is 5.16. The number of hydrogen-bond donors (Lipinski definition) is 1. The Morgan fingerprint density at radius 3 is 2.12 bits per heavy atom. The third-order valence-corrected chi connectivity index (χ3v) is 8.69. The number of amides is 2. The summed E-state index contributed by atoms with van der Waals surface area (Å²) in [7, 11) is -1.33. The molecule has 3 aromatic rings. The van der Waals surface area contributed by atoms with Crippen molar-refractivity contribution < 1.29 is 27.5 Å². The van der Waals surface area contributed by atoms with Gasteiger partial charge in [-0.2, -0.15) is 0 Å². The van der Waals surface area contributed by atoms with Gasteiger partial charge in [-0.25, -0.2) is 8.42 Å². The van der Waals surface area contributed by atoms with Gasteiger partial charge in [0.25, 0.3) is 10.0 Å². The normalized spacial score (nSPS) is 12.6. The number of nitrogens with zero attached hydrogens (tertiary/aromatic N) is 2. The second kappa shape index (κ2) is 14.5. The Morgan fingerprint density at radius 1 is 0.902 bits per heavy atom. The van der Waals surface area contributed by atoms with Gasteiger partial charge in [0.05, 0.1) is 24.8 Å². The van der Waals surface area contributed by atoms with Crippen LogP contribution in [0.15, 0.2) is 83.8 Å². The van der Waals surface area contributed by atoms with Crippen molar-refractivity contribution in [2.75, 3.05) is 31.6 Å². The number of carbonyl (C=O) groups is 2. The quantitative estimate of drug-likeness (QED) is 0.305. The first-order chi connectivity index (χ1) is 19.6. The Morgan fingerprint density at radius 2 is 1.54 bits per heavy atom. The molecule has 3 rings (SSSR count). The maximum Gasteiger partial charge on any atom is 0.264 e. The fraction of sp³-hybridized carbons (Fsp3) is 0.355. The second-order valence-corrected chi connectivity index (χ2v) is 11.5. The summed E-state index contributed by atoms with van der Waals surface area (Å²) >= 11 is 0. The van der Waals surface area contributed by atoms with Crippen molar-refractivity contribution in [2.45, 2.75) is 50.6 Å². The van der Waals surface area contributed by atoms with E-state index in [-0.39, 0.29) is 34.8 Å². The van der Waals surface area contributed by atoms with E-state index in [2.05, 4.69) is 5.32 Å². The van der Waals surface area contributed by atoms with Gasteiger partial charge in [-0.3, -0.25) is 13.9 Å². The van der Waals surface area contributed by atoms with Crippen LogP contribution in [0.2, 0.25) is 0 Å². The number of rotatable bonds is 14. The molecular formula is C31H39N3O6S. The SMILES string of the molecule is CC[C@@H](C)NC(=O)[C@H](C)N(CCc1ccccc1)C(=O)CN(c1cc(OC)ccc1OC)S(=O)(=O)c1ccccc1. The number of benzene rings is 3. The highest BCUT2D eigenvalue weighted by atomic mass is 32.2. The third-order valence-electron chi connectivity index (χ3n) is 6.92. The van der Waals surface area contributed by atoms with Gasteiger partial charge in [-0.15, -0.1) is 0 Å². The van der Waals surface area contributed by atoms with Crippen LogP contribution in [0, 0.1) is 0 Å². The molecule has 0 aliphatic heterocycles. The van der Waals surface area contributed by atoms with Gasteiger partial charge in [0.15, 0.2) is 0 Å². The molecule has 1 N–H and O–H groups in total. The van der Waals surface area contributed by atoms with Crippen LogP contribution in [-0.4, -0.2) is 64.5 Å². The molecule has 220 valence electrons. The van der Waals surface area contributed by atoms with Gasteiger partial charge in [-0.1, -0.05) is 55.5 Å². The monoisotopic (exact) mass is 581 g/mol. The van der Waals surface area contributed by atoms with E-state index in [0.717, 1.165) is 16.3 Å². The molecule has 0 heterocycles. The topological polar surface area (TPSA) is 105 Å². The molecule has 0 saturated carbocycles. The first kappa shape index (κ1) is 31.5. The summed E-state index contributed by atoms with van der Waals surface area (Å²) in [6.07, 6.45) is 1.22. The second-order valence-electron chi connectivity index (χ2n) is 9.68. The van der Waals surface area contributed by atoms with E-state index in [0.29, 0.717) is 12.2 Å². The van der Waals surface area contributed by atoms with Crippen LogP contribution >= 0.6 is 0 Å². The molecule has 0 radical (unpaired) electrons. The van der Waals surface area contributed by atoms with Gasteiger partial charge in [-0.05, 0) is 56.5 Å². The van der Waals surface area contributed by atoms with Crippen molar-refractivity contribution in [1.29, 1.82) is 0 Å². The van der Waals surface area contributed by atoms with Crippen LogP contribution in [0.25, 0.3) is 0 Å². The zero-order valence-electron chi connectivity index (χ0n) is 24.2. The van der Waals surface area contributed by atoms with E-state index in [1.807, 2.05) is 44.2 Å². The molecule has 0 aliphatic carbocycles. The van der Waals surface area contributed by atoms with Crippen LogP contribution in [-0.2, 0) is 26.0 Å². The number of sulfonamides is 1. The van der Waals surface area contributed by atoms with Crippen molar-refractivity contribution in [3.8, 4) is 11.5 Å². The summed E-state index contributed by atoms with van der Waals surface area (Å²) in [5.74, 6) is -0.199. The lowest BCUT2D eigenvalue weighted by Crippen LogP contribution is -2.53. The van der Waals surface area contributed by atoms with Gasteiger partial charge < -0.3 is 19.7 Å². The molecule has 0 unspecified atom stereocenters. The highest BCUT2D eigenvalue weighted by molar-refractivity contribution is 7.92. The molecule has 9 nitrogen and oxygen atoms in total. The molecule has 3 aromatic carbocycles. The average Bonchev–Trinajstić information content (AvgIpc) is 3.00. The van der Waals surface area contributed by atoms with Crippen LogP contribution in [0.4, 0.5) is 5.69 Å². The zero-order chi connectivity index (χ0) is 30.0. The molecule has 2 amide bonds. The summed E-state index contributed by atoms with van der Waals surface area (Å²) in [5, 5.41) is 2.94. The smallest absolute Gasteiger partial charge is 0.264 e. The Balaban J connectivity index is 2.05. The molecule has 41 heavy (non-hydrogen) atoms. The van der Waals surface area contributed by atoms with E-state index in [1.165, 1.54) is 37.3 Å². The lowest BCUT2D eigenvalue weighted by Gasteiger charge is -2.33. The Bertz CT molecular complexity index is 1400. The largest absolute Gasteiger partial charge is 0.497 e. The van der Waals surface area contributed by atoms with Gasteiger partial charge in [0.2, 0.25) is 11.8 Å². The number of carbonyl (C=O) groups excluding carboxylic acids is 2. The molecule has 0 fully saturated rings. The van der Waals surface area contributed by atoms with E-state index < -0.39 is 28.5 Å². The first-order valence-corrected chi connectivity index (χ1v) is 15.0. The van der Waals surface area contributed by atoms with E-state index >= 15 is 0 Å². The van der Waals surface area contributed by atoms with Crippen molar-refractivity contribution in [3.63, 3.8) is 0 Å². The van der Waals surface area contributed by atoms with Gasteiger partial charge in [0, 0.05) is 18.7 Å². The lowest BCUT2D eigenvalue weighted by molar-refractivity contribution is -0.139. The minimum atomic E-state index is -4.23.